The molecule has 2 nitrogen and oxygen atoms in total. The Morgan fingerprint density at radius 3 is 2.83 bits per heavy atom. The molecule has 0 aliphatic heterocycles. The number of ether oxygens (including phenoxy) is 1. The Kier molecular flexibility index (Phi) is 5.06. The van der Waals surface area contributed by atoms with Gasteiger partial charge in [-0.05, 0) is 49.8 Å². The average molecular weight is 247 g/mol. The summed E-state index contributed by atoms with van der Waals surface area (Å²) in [5, 5.41) is 0. The molecule has 1 aromatic rings. The van der Waals surface area contributed by atoms with E-state index in [1.54, 1.807) is 0 Å². The van der Waals surface area contributed by atoms with Crippen molar-refractivity contribution in [3.05, 3.63) is 29.8 Å². The molecule has 0 radical (unpaired) electrons. The topological polar surface area (TPSA) is 35.2 Å². The molecule has 2 heteroatoms. The van der Waals surface area contributed by atoms with Crippen molar-refractivity contribution in [1.29, 1.82) is 0 Å². The van der Waals surface area contributed by atoms with Crippen molar-refractivity contribution in [2.75, 3.05) is 0 Å². The summed E-state index contributed by atoms with van der Waals surface area (Å²) in [4.78, 5) is 0. The van der Waals surface area contributed by atoms with Crippen LogP contribution in [0.3, 0.4) is 0 Å². The van der Waals surface area contributed by atoms with Crippen molar-refractivity contribution >= 4 is 0 Å². The molecule has 0 spiro atoms. The van der Waals surface area contributed by atoms with Gasteiger partial charge in [0.2, 0.25) is 0 Å². The number of rotatable bonds is 6. The lowest BCUT2D eigenvalue weighted by molar-refractivity contribution is 0.209. The molecule has 0 unspecified atom stereocenters. The summed E-state index contributed by atoms with van der Waals surface area (Å²) in [6.07, 6.45) is 8.88. The summed E-state index contributed by atoms with van der Waals surface area (Å²) in [5.74, 6) is 0.992. The van der Waals surface area contributed by atoms with Gasteiger partial charge >= 0.3 is 0 Å². The standard InChI is InChI=1S/C16H25NO/c1-2-3-11-16(17)13-7-6-10-15(12-13)18-14-8-4-5-9-14/h6-7,10,12,14,16H,2-5,8-9,11,17H2,1H3/t16-/m1/s1. The van der Waals surface area contributed by atoms with Crippen LogP contribution in [0.15, 0.2) is 24.3 Å². The number of nitrogens with two attached hydrogens (primary N) is 1. The van der Waals surface area contributed by atoms with E-state index in [1.807, 2.05) is 6.07 Å². The third-order valence-electron chi connectivity index (χ3n) is 3.76. The molecule has 1 atom stereocenters. The second kappa shape index (κ2) is 6.79. The summed E-state index contributed by atoms with van der Waals surface area (Å²) in [6.45, 7) is 2.20. The zero-order valence-electron chi connectivity index (χ0n) is 11.4. The minimum Gasteiger partial charge on any atom is -0.490 e. The van der Waals surface area contributed by atoms with Gasteiger partial charge in [-0.3, -0.25) is 0 Å². The maximum absolute atomic E-state index is 6.20. The van der Waals surface area contributed by atoms with Gasteiger partial charge in [0.05, 0.1) is 6.10 Å². The van der Waals surface area contributed by atoms with Crippen molar-refractivity contribution in [3.8, 4) is 5.75 Å². The van der Waals surface area contributed by atoms with Gasteiger partial charge in [0, 0.05) is 6.04 Å². The lowest BCUT2D eigenvalue weighted by Gasteiger charge is -2.16. The van der Waals surface area contributed by atoms with E-state index in [2.05, 4.69) is 25.1 Å². The van der Waals surface area contributed by atoms with Crippen molar-refractivity contribution in [2.24, 2.45) is 5.73 Å². The average Bonchev–Trinajstić information content (AvgIpc) is 2.89. The first-order valence-electron chi connectivity index (χ1n) is 7.32. The summed E-state index contributed by atoms with van der Waals surface area (Å²) >= 11 is 0. The smallest absolute Gasteiger partial charge is 0.120 e. The largest absolute Gasteiger partial charge is 0.490 e. The molecule has 2 N–H and O–H groups in total. The molecule has 2 rings (SSSR count). The summed E-state index contributed by atoms with van der Waals surface area (Å²) < 4.78 is 6.02. The predicted molar refractivity (Wildman–Crippen MR) is 75.8 cm³/mol. The second-order valence-corrected chi connectivity index (χ2v) is 5.35. The van der Waals surface area contributed by atoms with E-state index < -0.39 is 0 Å². The Hall–Kier alpha value is -1.02. The summed E-state index contributed by atoms with van der Waals surface area (Å²) in [6, 6.07) is 8.50. The van der Waals surface area contributed by atoms with Gasteiger partial charge in [-0.2, -0.15) is 0 Å². The van der Waals surface area contributed by atoms with Gasteiger partial charge in [0.1, 0.15) is 5.75 Å². The molecule has 1 saturated carbocycles. The van der Waals surface area contributed by atoms with Crippen molar-refractivity contribution in [1.82, 2.24) is 0 Å². The normalized spacial score (nSPS) is 17.9. The van der Waals surface area contributed by atoms with Crippen molar-refractivity contribution in [2.45, 2.75) is 64.0 Å². The first kappa shape index (κ1) is 13.4. The molecule has 0 aromatic heterocycles. The van der Waals surface area contributed by atoms with E-state index in [1.165, 1.54) is 44.1 Å². The van der Waals surface area contributed by atoms with E-state index in [4.69, 9.17) is 10.5 Å². The van der Waals surface area contributed by atoms with Gasteiger partial charge in [0.25, 0.3) is 0 Å². The number of benzene rings is 1. The minimum absolute atomic E-state index is 0.150. The maximum Gasteiger partial charge on any atom is 0.120 e. The molecule has 1 aromatic carbocycles. The third kappa shape index (κ3) is 3.74. The fourth-order valence-electron chi connectivity index (χ4n) is 2.61. The highest BCUT2D eigenvalue weighted by atomic mass is 16.5. The van der Waals surface area contributed by atoms with Crippen molar-refractivity contribution in [3.63, 3.8) is 0 Å². The van der Waals surface area contributed by atoms with E-state index in [0.717, 1.165) is 12.2 Å². The molecule has 100 valence electrons. The highest BCUT2D eigenvalue weighted by Gasteiger charge is 2.16. The van der Waals surface area contributed by atoms with Crippen LogP contribution < -0.4 is 10.5 Å². The van der Waals surface area contributed by atoms with Gasteiger partial charge in [0.15, 0.2) is 0 Å². The Labute approximate surface area is 111 Å². The first-order chi connectivity index (χ1) is 8.79. The predicted octanol–water partition coefficient (Wildman–Crippen LogP) is 4.20. The van der Waals surface area contributed by atoms with Gasteiger partial charge in [-0.15, -0.1) is 0 Å². The fourth-order valence-corrected chi connectivity index (χ4v) is 2.61. The number of unbranched alkanes of at least 4 members (excludes halogenated alkanes) is 1. The SMILES string of the molecule is CCCC[C@@H](N)c1cccc(OC2CCCC2)c1. The highest BCUT2D eigenvalue weighted by Crippen LogP contribution is 2.26. The van der Waals surface area contributed by atoms with E-state index >= 15 is 0 Å². The monoisotopic (exact) mass is 247 g/mol. The molecule has 0 saturated heterocycles. The van der Waals surface area contributed by atoms with Crippen LogP contribution >= 0.6 is 0 Å². The van der Waals surface area contributed by atoms with Crippen LogP contribution in [0.4, 0.5) is 0 Å². The molecular formula is C16H25NO. The highest BCUT2D eigenvalue weighted by molar-refractivity contribution is 5.30. The molecule has 1 aliphatic rings. The lowest BCUT2D eigenvalue weighted by atomic mass is 10.0. The molecule has 0 amide bonds. The van der Waals surface area contributed by atoms with Crippen LogP contribution in [-0.4, -0.2) is 6.10 Å². The minimum atomic E-state index is 0.150. The molecule has 0 bridgehead atoms. The van der Waals surface area contributed by atoms with Crippen molar-refractivity contribution < 1.29 is 4.74 Å². The zero-order valence-corrected chi connectivity index (χ0v) is 11.4. The van der Waals surface area contributed by atoms with E-state index in [-0.39, 0.29) is 6.04 Å². The molecule has 1 aliphatic carbocycles. The lowest BCUT2D eigenvalue weighted by Crippen LogP contribution is -2.13. The Balaban J connectivity index is 1.95. The van der Waals surface area contributed by atoms with Gasteiger partial charge in [-0.1, -0.05) is 31.9 Å². The Morgan fingerprint density at radius 2 is 2.11 bits per heavy atom. The molecular weight excluding hydrogens is 222 g/mol. The van der Waals surface area contributed by atoms with Gasteiger partial charge < -0.3 is 10.5 Å². The van der Waals surface area contributed by atoms with Crippen LogP contribution in [0, 0.1) is 0 Å². The Morgan fingerprint density at radius 1 is 1.33 bits per heavy atom. The first-order valence-corrected chi connectivity index (χ1v) is 7.32. The number of hydrogen-bond acceptors (Lipinski definition) is 2. The summed E-state index contributed by atoms with van der Waals surface area (Å²) in [7, 11) is 0. The quantitative estimate of drug-likeness (QED) is 0.817. The van der Waals surface area contributed by atoms with E-state index in [9.17, 15) is 0 Å². The Bertz CT molecular complexity index is 358. The molecule has 18 heavy (non-hydrogen) atoms. The fraction of sp³-hybridized carbons (Fsp3) is 0.625. The number of hydrogen-bond donors (Lipinski definition) is 1. The summed E-state index contributed by atoms with van der Waals surface area (Å²) in [5.41, 5.74) is 7.41. The molecule has 0 heterocycles. The van der Waals surface area contributed by atoms with Crippen LogP contribution in [-0.2, 0) is 0 Å². The third-order valence-corrected chi connectivity index (χ3v) is 3.76. The second-order valence-electron chi connectivity index (χ2n) is 5.35. The van der Waals surface area contributed by atoms with E-state index in [0.29, 0.717) is 6.10 Å². The van der Waals surface area contributed by atoms with Crippen LogP contribution in [0.25, 0.3) is 0 Å². The van der Waals surface area contributed by atoms with Crippen LogP contribution in [0.2, 0.25) is 0 Å². The van der Waals surface area contributed by atoms with Crippen LogP contribution in [0.1, 0.15) is 63.5 Å². The van der Waals surface area contributed by atoms with Gasteiger partial charge in [-0.25, -0.2) is 0 Å². The maximum atomic E-state index is 6.20. The van der Waals surface area contributed by atoms with Crippen LogP contribution in [0.5, 0.6) is 5.75 Å². The molecule has 1 fully saturated rings. The zero-order chi connectivity index (χ0) is 12.8.